The lowest BCUT2D eigenvalue weighted by molar-refractivity contribution is -0.657. The van der Waals surface area contributed by atoms with Gasteiger partial charge in [-0.15, -0.1) is 4.90 Å². The number of hydrogen-bond donors (Lipinski definition) is 1. The van der Waals surface area contributed by atoms with Crippen LogP contribution in [0.2, 0.25) is 0 Å². The molecule has 102 valence electrons. The maximum absolute atomic E-state index is 12.5. The quantitative estimate of drug-likeness (QED) is 0.497. The number of imide groups is 1. The zero-order valence-corrected chi connectivity index (χ0v) is 11.3. The zero-order valence-electron chi connectivity index (χ0n) is 11.3. The van der Waals surface area contributed by atoms with Crippen molar-refractivity contribution in [3.05, 3.63) is 41.7 Å². The van der Waals surface area contributed by atoms with Crippen LogP contribution in [0.25, 0.3) is 0 Å². The van der Waals surface area contributed by atoms with Crippen molar-refractivity contribution in [2.75, 3.05) is 10.6 Å². The van der Waals surface area contributed by atoms with Gasteiger partial charge in [0.2, 0.25) is 0 Å². The van der Waals surface area contributed by atoms with Gasteiger partial charge in [-0.1, -0.05) is 0 Å². The Morgan fingerprint density at radius 2 is 1.90 bits per heavy atom. The van der Waals surface area contributed by atoms with Gasteiger partial charge >= 0.3 is 17.8 Å². The third kappa shape index (κ3) is 1.54. The minimum Gasteiger partial charge on any atom is -0.399 e. The van der Waals surface area contributed by atoms with Gasteiger partial charge in [0.05, 0.1) is 37.1 Å². The molecule has 0 saturated heterocycles. The molecular formula is C14H15N4O2+. The molecule has 6 heteroatoms. The van der Waals surface area contributed by atoms with E-state index in [1.54, 1.807) is 29.8 Å². The van der Waals surface area contributed by atoms with E-state index in [4.69, 9.17) is 5.73 Å². The van der Waals surface area contributed by atoms with Crippen LogP contribution in [-0.4, -0.2) is 16.4 Å². The van der Waals surface area contributed by atoms with Gasteiger partial charge in [-0.25, -0.2) is 18.7 Å². The van der Waals surface area contributed by atoms with Crippen LogP contribution in [0.5, 0.6) is 0 Å². The highest BCUT2D eigenvalue weighted by Gasteiger charge is 2.45. The Kier molecular flexibility index (Phi) is 2.60. The fraction of sp³-hybridized carbons (Fsp3) is 0.214. The molecule has 1 aliphatic heterocycles. The van der Waals surface area contributed by atoms with Crippen LogP contribution < -0.4 is 15.2 Å². The second kappa shape index (κ2) is 4.19. The molecule has 0 unspecified atom stereocenters. The summed E-state index contributed by atoms with van der Waals surface area (Å²) in [6, 6.07) is 4.78. The Labute approximate surface area is 116 Å². The number of nitrogen functional groups attached to an aromatic ring is 1. The summed E-state index contributed by atoms with van der Waals surface area (Å²) in [6.45, 7) is 2.63. The summed E-state index contributed by atoms with van der Waals surface area (Å²) in [6.07, 6.45) is 3.66. The van der Waals surface area contributed by atoms with Crippen LogP contribution in [0, 0.1) is 0 Å². The van der Waals surface area contributed by atoms with Crippen molar-refractivity contribution in [1.82, 2.24) is 4.57 Å². The lowest BCUT2D eigenvalue weighted by Gasteiger charge is -2.08. The first-order valence-electron chi connectivity index (χ1n) is 6.37. The number of aryl methyl sites for hydroxylation is 2. The summed E-state index contributed by atoms with van der Waals surface area (Å²) in [5, 5.41) is 0. The van der Waals surface area contributed by atoms with E-state index in [0.29, 0.717) is 29.3 Å². The van der Waals surface area contributed by atoms with E-state index in [0.717, 1.165) is 0 Å². The molecule has 6 nitrogen and oxygen atoms in total. The summed E-state index contributed by atoms with van der Waals surface area (Å²) in [5.74, 6) is -0.0902. The first-order valence-corrected chi connectivity index (χ1v) is 6.37. The van der Waals surface area contributed by atoms with Gasteiger partial charge in [-0.3, -0.25) is 0 Å². The predicted molar refractivity (Wildman–Crippen MR) is 73.3 cm³/mol. The van der Waals surface area contributed by atoms with Crippen LogP contribution >= 0.6 is 0 Å². The number of nitrogens with zero attached hydrogens (tertiary/aromatic N) is 3. The molecule has 1 aromatic heterocycles. The number of carbonyl (C=O) groups is 2. The van der Waals surface area contributed by atoms with Crippen molar-refractivity contribution in [3.63, 3.8) is 0 Å². The first-order chi connectivity index (χ1) is 9.54. The molecule has 3 rings (SSSR count). The number of carbonyl (C=O) groups excluding carboxylic acids is 2. The Morgan fingerprint density at radius 3 is 2.60 bits per heavy atom. The number of imidazole rings is 1. The van der Waals surface area contributed by atoms with Crippen molar-refractivity contribution in [3.8, 4) is 0 Å². The summed E-state index contributed by atoms with van der Waals surface area (Å²) in [7, 11) is 1.80. The molecule has 0 bridgehead atoms. The average Bonchev–Trinajstić information content (AvgIpc) is 2.89. The summed E-state index contributed by atoms with van der Waals surface area (Å²) >= 11 is 0. The Hall–Kier alpha value is -2.63. The van der Waals surface area contributed by atoms with E-state index < -0.39 is 0 Å². The summed E-state index contributed by atoms with van der Waals surface area (Å²) in [4.78, 5) is 26.2. The highest BCUT2D eigenvalue weighted by molar-refractivity contribution is 6.33. The number of amides is 2. The molecule has 0 fully saturated rings. The van der Waals surface area contributed by atoms with E-state index >= 15 is 0 Å². The smallest absolute Gasteiger partial charge is 0.374 e. The first kappa shape index (κ1) is 12.4. The molecule has 2 N–H and O–H groups in total. The molecule has 0 atom stereocenters. The number of anilines is 2. The van der Waals surface area contributed by atoms with Crippen LogP contribution in [0.3, 0.4) is 0 Å². The van der Waals surface area contributed by atoms with Gasteiger partial charge in [-0.05, 0) is 25.1 Å². The molecule has 1 aromatic carbocycles. The van der Waals surface area contributed by atoms with Crippen LogP contribution in [0.1, 0.15) is 27.6 Å². The molecule has 1 aliphatic rings. The molecule has 0 saturated carbocycles. The lowest BCUT2D eigenvalue weighted by Crippen LogP contribution is -2.42. The van der Waals surface area contributed by atoms with Gasteiger partial charge in [0.1, 0.15) is 0 Å². The second-order valence-corrected chi connectivity index (χ2v) is 4.75. The maximum Gasteiger partial charge on any atom is 0.374 e. The number of fused-ring (bicyclic) bond motifs is 1. The van der Waals surface area contributed by atoms with Gasteiger partial charge in [0.15, 0.2) is 0 Å². The second-order valence-electron chi connectivity index (χ2n) is 4.75. The third-order valence-corrected chi connectivity index (χ3v) is 3.49. The monoisotopic (exact) mass is 271 g/mol. The molecule has 0 aliphatic carbocycles. The molecule has 2 aromatic rings. The van der Waals surface area contributed by atoms with E-state index in [2.05, 4.69) is 0 Å². The molecule has 0 radical (unpaired) electrons. The van der Waals surface area contributed by atoms with Gasteiger partial charge in [0, 0.05) is 5.69 Å². The standard InChI is InChI=1S/C14H14N4O2/c1-3-17-7-6-16(2)14(17)18-12(19)10-5-4-9(15)8-11(10)13(18)20/h4-8H,3H2,1-2H3,(H-,15,19)/p+1. The molecule has 2 heterocycles. The van der Waals surface area contributed by atoms with Crippen LogP contribution in [0.15, 0.2) is 30.6 Å². The van der Waals surface area contributed by atoms with Crippen LogP contribution in [-0.2, 0) is 13.6 Å². The Morgan fingerprint density at radius 1 is 1.20 bits per heavy atom. The number of benzene rings is 1. The van der Waals surface area contributed by atoms with Crippen molar-refractivity contribution in [2.45, 2.75) is 13.5 Å². The van der Waals surface area contributed by atoms with Gasteiger partial charge in [0.25, 0.3) is 0 Å². The number of hydrogen-bond acceptors (Lipinski definition) is 3. The van der Waals surface area contributed by atoms with Gasteiger partial charge < -0.3 is 5.73 Å². The van der Waals surface area contributed by atoms with Crippen LogP contribution in [0.4, 0.5) is 11.6 Å². The number of rotatable bonds is 2. The maximum atomic E-state index is 12.5. The molecule has 2 amide bonds. The summed E-state index contributed by atoms with van der Waals surface area (Å²) < 4.78 is 3.61. The van der Waals surface area contributed by atoms with Gasteiger partial charge in [-0.2, -0.15) is 0 Å². The van der Waals surface area contributed by atoms with E-state index in [9.17, 15) is 9.59 Å². The fourth-order valence-corrected chi connectivity index (χ4v) is 2.49. The van der Waals surface area contributed by atoms with E-state index in [-0.39, 0.29) is 11.8 Å². The molecular weight excluding hydrogens is 256 g/mol. The lowest BCUT2D eigenvalue weighted by atomic mass is 10.1. The van der Waals surface area contributed by atoms with Crippen molar-refractivity contribution in [2.24, 2.45) is 7.05 Å². The normalized spacial score (nSPS) is 14.0. The summed E-state index contributed by atoms with van der Waals surface area (Å²) in [5.41, 5.74) is 6.93. The topological polar surface area (TPSA) is 72.2 Å². The molecule has 0 spiro atoms. The number of nitrogens with two attached hydrogens (primary N) is 1. The Bertz CT molecular complexity index is 733. The Balaban J connectivity index is 2.17. The van der Waals surface area contributed by atoms with Crippen molar-refractivity contribution in [1.29, 1.82) is 0 Å². The van der Waals surface area contributed by atoms with E-state index in [1.807, 2.05) is 23.9 Å². The third-order valence-electron chi connectivity index (χ3n) is 3.49. The minimum absolute atomic E-state index is 0.311. The zero-order chi connectivity index (χ0) is 14.4. The van der Waals surface area contributed by atoms with Crippen molar-refractivity contribution < 1.29 is 14.2 Å². The SMILES string of the molecule is CCn1cc[n+](C)c1N1C(=O)c2ccc(N)cc2C1=O. The minimum atomic E-state index is -0.332. The van der Waals surface area contributed by atoms with Crippen molar-refractivity contribution >= 4 is 23.5 Å². The largest absolute Gasteiger partial charge is 0.399 e. The fourth-order valence-electron chi connectivity index (χ4n) is 2.49. The van der Waals surface area contributed by atoms with E-state index in [1.165, 1.54) is 4.90 Å². The number of aromatic nitrogens is 2. The predicted octanol–water partition coefficient (Wildman–Crippen LogP) is 0.715. The average molecular weight is 271 g/mol. The molecule has 20 heavy (non-hydrogen) atoms. The highest BCUT2D eigenvalue weighted by atomic mass is 16.2. The highest BCUT2D eigenvalue weighted by Crippen LogP contribution is 2.27.